The molecule has 0 bridgehead atoms. The fourth-order valence-corrected chi connectivity index (χ4v) is 6.17. The molecule has 3 aromatic carbocycles. The Morgan fingerprint density at radius 1 is 0.949 bits per heavy atom. The number of nitrogens with zero attached hydrogens (tertiary/aromatic N) is 1. The second kappa shape index (κ2) is 11.4. The summed E-state index contributed by atoms with van der Waals surface area (Å²) in [5, 5.41) is 3.38. The van der Waals surface area contributed by atoms with E-state index in [0.29, 0.717) is 29.4 Å². The van der Waals surface area contributed by atoms with Crippen molar-refractivity contribution in [1.82, 2.24) is 10.2 Å². The van der Waals surface area contributed by atoms with Crippen molar-refractivity contribution in [3.63, 3.8) is 0 Å². The van der Waals surface area contributed by atoms with E-state index >= 15 is 0 Å². The number of nitrogens with one attached hydrogen (secondary N) is 1. The molecular formula is C32H36N2O5. The lowest BCUT2D eigenvalue weighted by Gasteiger charge is -2.42. The molecule has 1 aliphatic heterocycles. The molecule has 1 aliphatic carbocycles. The molecule has 0 aromatic heterocycles. The molecule has 3 aromatic rings. The van der Waals surface area contributed by atoms with Crippen molar-refractivity contribution in [2.24, 2.45) is 0 Å². The van der Waals surface area contributed by atoms with Crippen LogP contribution in [0.4, 0.5) is 0 Å². The minimum atomic E-state index is -0.623. The summed E-state index contributed by atoms with van der Waals surface area (Å²) < 4.78 is 16.8. The molecule has 2 amide bonds. The summed E-state index contributed by atoms with van der Waals surface area (Å²) >= 11 is 0. The third kappa shape index (κ3) is 4.82. The largest absolute Gasteiger partial charge is 0.493 e. The number of aryl methyl sites for hydroxylation is 1. The van der Waals surface area contributed by atoms with Crippen LogP contribution >= 0.6 is 0 Å². The van der Waals surface area contributed by atoms with Crippen LogP contribution in [0.25, 0.3) is 0 Å². The van der Waals surface area contributed by atoms with E-state index in [4.69, 9.17) is 14.2 Å². The zero-order valence-corrected chi connectivity index (χ0v) is 23.0. The van der Waals surface area contributed by atoms with Crippen LogP contribution in [-0.4, -0.2) is 44.6 Å². The number of hydrogen-bond donors (Lipinski definition) is 1. The smallest absolute Gasteiger partial charge is 0.254 e. The van der Waals surface area contributed by atoms with E-state index < -0.39 is 12.0 Å². The SMILES string of the molecule is CCCN1C(=O)c2ccccc2[C@H](C(=O)N[C@H]2CCCc3ccccc32)[C@@H]1c1cc(OC)c(OC)c(OC)c1. The van der Waals surface area contributed by atoms with Crippen molar-refractivity contribution in [2.75, 3.05) is 27.9 Å². The molecule has 0 radical (unpaired) electrons. The van der Waals surface area contributed by atoms with Crippen LogP contribution in [-0.2, 0) is 11.2 Å². The highest BCUT2D eigenvalue weighted by molar-refractivity contribution is 6.01. The highest BCUT2D eigenvalue weighted by Crippen LogP contribution is 2.48. The van der Waals surface area contributed by atoms with Crippen LogP contribution in [0.1, 0.15) is 76.8 Å². The van der Waals surface area contributed by atoms with Crippen molar-refractivity contribution in [2.45, 2.75) is 50.6 Å². The number of rotatable bonds is 8. The minimum absolute atomic E-state index is 0.0764. The lowest BCUT2D eigenvalue weighted by Crippen LogP contribution is -2.48. The first-order valence-corrected chi connectivity index (χ1v) is 13.6. The molecule has 0 fully saturated rings. The van der Waals surface area contributed by atoms with Crippen LogP contribution in [0.15, 0.2) is 60.7 Å². The van der Waals surface area contributed by atoms with Gasteiger partial charge >= 0.3 is 0 Å². The Hall–Kier alpha value is -4.00. The molecule has 5 rings (SSSR count). The Bertz CT molecular complexity index is 1350. The lowest BCUT2D eigenvalue weighted by molar-refractivity contribution is -0.125. The predicted octanol–water partition coefficient (Wildman–Crippen LogP) is 5.60. The van der Waals surface area contributed by atoms with E-state index in [-0.39, 0.29) is 17.9 Å². The summed E-state index contributed by atoms with van der Waals surface area (Å²) in [6.07, 6.45) is 3.66. The van der Waals surface area contributed by atoms with E-state index in [0.717, 1.165) is 36.8 Å². The van der Waals surface area contributed by atoms with Gasteiger partial charge in [0.2, 0.25) is 11.7 Å². The van der Waals surface area contributed by atoms with Gasteiger partial charge in [-0.15, -0.1) is 0 Å². The van der Waals surface area contributed by atoms with E-state index in [9.17, 15) is 9.59 Å². The summed E-state index contributed by atoms with van der Waals surface area (Å²) in [5.74, 6) is 0.621. The van der Waals surface area contributed by atoms with Crippen molar-refractivity contribution < 1.29 is 23.8 Å². The lowest BCUT2D eigenvalue weighted by atomic mass is 9.78. The number of ether oxygens (including phenoxy) is 3. The van der Waals surface area contributed by atoms with Gasteiger partial charge < -0.3 is 24.4 Å². The quantitative estimate of drug-likeness (QED) is 0.412. The van der Waals surface area contributed by atoms with Gasteiger partial charge in [-0.3, -0.25) is 9.59 Å². The number of carbonyl (C=O) groups is 2. The van der Waals surface area contributed by atoms with Gasteiger partial charge in [-0.2, -0.15) is 0 Å². The summed E-state index contributed by atoms with van der Waals surface area (Å²) in [4.78, 5) is 30.0. The number of amides is 2. The molecule has 2 aliphatic rings. The first-order valence-electron chi connectivity index (χ1n) is 13.6. The third-order valence-corrected chi connectivity index (χ3v) is 7.90. The molecule has 0 saturated carbocycles. The van der Waals surface area contributed by atoms with Gasteiger partial charge in [0.1, 0.15) is 0 Å². The standard InChI is InChI=1S/C32H36N2O5/c1-5-17-34-29(21-18-26(37-2)30(39-4)27(19-21)38-3)28(23-14-8-9-15-24(23)32(34)36)31(35)33-25-16-10-12-20-11-6-7-13-22(20)25/h6-9,11,13-15,18-19,25,28-29H,5,10,12,16-17H2,1-4H3,(H,33,35)/t25-,28-,29-/m0/s1. The van der Waals surface area contributed by atoms with Gasteiger partial charge in [-0.25, -0.2) is 0 Å². The van der Waals surface area contributed by atoms with Gasteiger partial charge in [0.15, 0.2) is 11.5 Å². The van der Waals surface area contributed by atoms with Crippen LogP contribution in [0.2, 0.25) is 0 Å². The average Bonchev–Trinajstić information content (AvgIpc) is 2.97. The van der Waals surface area contributed by atoms with E-state index in [1.54, 1.807) is 21.3 Å². The average molecular weight is 529 g/mol. The Morgan fingerprint density at radius 2 is 1.62 bits per heavy atom. The molecule has 0 unspecified atom stereocenters. The van der Waals surface area contributed by atoms with Gasteiger partial charge in [0.05, 0.1) is 39.3 Å². The Balaban J connectivity index is 1.64. The highest BCUT2D eigenvalue weighted by atomic mass is 16.5. The maximum absolute atomic E-state index is 14.4. The fraction of sp³-hybridized carbons (Fsp3) is 0.375. The van der Waals surface area contributed by atoms with Crippen molar-refractivity contribution in [3.8, 4) is 17.2 Å². The zero-order valence-electron chi connectivity index (χ0n) is 23.0. The molecule has 0 spiro atoms. The maximum Gasteiger partial charge on any atom is 0.254 e. The van der Waals surface area contributed by atoms with Gasteiger partial charge in [0, 0.05) is 12.1 Å². The van der Waals surface area contributed by atoms with Gasteiger partial charge in [-0.05, 0) is 66.1 Å². The Kier molecular flexibility index (Phi) is 7.77. The second-order valence-corrected chi connectivity index (χ2v) is 10.1. The summed E-state index contributed by atoms with van der Waals surface area (Å²) in [7, 11) is 4.69. The van der Waals surface area contributed by atoms with Crippen LogP contribution in [0.5, 0.6) is 17.2 Å². The van der Waals surface area contributed by atoms with Crippen molar-refractivity contribution >= 4 is 11.8 Å². The molecule has 0 saturated heterocycles. The fourth-order valence-electron chi connectivity index (χ4n) is 6.17. The molecule has 1 N–H and O–H groups in total. The molecule has 204 valence electrons. The number of hydrogen-bond acceptors (Lipinski definition) is 5. The monoisotopic (exact) mass is 528 g/mol. The molecule has 7 heteroatoms. The number of benzene rings is 3. The van der Waals surface area contributed by atoms with Gasteiger partial charge in [-0.1, -0.05) is 49.4 Å². The number of fused-ring (bicyclic) bond motifs is 2. The van der Waals surface area contributed by atoms with E-state index in [1.807, 2.05) is 54.3 Å². The number of methoxy groups -OCH3 is 3. The third-order valence-electron chi connectivity index (χ3n) is 7.90. The second-order valence-electron chi connectivity index (χ2n) is 10.1. The number of carbonyl (C=O) groups excluding carboxylic acids is 2. The normalized spacial score (nSPS) is 20.1. The molecule has 7 nitrogen and oxygen atoms in total. The molecular weight excluding hydrogens is 492 g/mol. The van der Waals surface area contributed by atoms with Crippen molar-refractivity contribution in [1.29, 1.82) is 0 Å². The summed E-state index contributed by atoms with van der Waals surface area (Å²) in [6, 6.07) is 18.9. The molecule has 3 atom stereocenters. The first-order chi connectivity index (χ1) is 19.0. The Morgan fingerprint density at radius 3 is 2.28 bits per heavy atom. The Labute approximate surface area is 230 Å². The predicted molar refractivity (Wildman–Crippen MR) is 150 cm³/mol. The molecule has 39 heavy (non-hydrogen) atoms. The first kappa shape index (κ1) is 26.6. The topological polar surface area (TPSA) is 77.1 Å². The van der Waals surface area contributed by atoms with Gasteiger partial charge in [0.25, 0.3) is 5.91 Å². The van der Waals surface area contributed by atoms with E-state index in [1.165, 1.54) is 11.1 Å². The van der Waals surface area contributed by atoms with Crippen molar-refractivity contribution in [3.05, 3.63) is 88.5 Å². The van der Waals surface area contributed by atoms with Crippen LogP contribution < -0.4 is 19.5 Å². The summed E-state index contributed by atoms with van der Waals surface area (Å²) in [5.41, 5.74) is 4.51. The minimum Gasteiger partial charge on any atom is -0.493 e. The summed E-state index contributed by atoms with van der Waals surface area (Å²) in [6.45, 7) is 2.54. The van der Waals surface area contributed by atoms with Crippen LogP contribution in [0, 0.1) is 0 Å². The maximum atomic E-state index is 14.4. The molecule has 1 heterocycles. The van der Waals surface area contributed by atoms with Crippen LogP contribution in [0.3, 0.4) is 0 Å². The highest BCUT2D eigenvalue weighted by Gasteiger charge is 2.45. The zero-order chi connectivity index (χ0) is 27.5. The van der Waals surface area contributed by atoms with E-state index in [2.05, 4.69) is 23.5 Å².